The number of ether oxygens (including phenoxy) is 2. The van der Waals surface area contributed by atoms with E-state index < -0.39 is 5.91 Å². The molecule has 0 unspecified atom stereocenters. The summed E-state index contributed by atoms with van der Waals surface area (Å²) in [5, 5.41) is 12.4. The van der Waals surface area contributed by atoms with Crippen LogP contribution in [0.4, 0.5) is 5.69 Å². The van der Waals surface area contributed by atoms with E-state index in [1.807, 2.05) is 63.2 Å². The van der Waals surface area contributed by atoms with E-state index in [1.165, 1.54) is 11.6 Å². The minimum absolute atomic E-state index is 0.0323. The summed E-state index contributed by atoms with van der Waals surface area (Å²) in [6.07, 6.45) is 1.53. The molecule has 0 saturated heterocycles. The van der Waals surface area contributed by atoms with Crippen molar-refractivity contribution in [1.82, 2.24) is 0 Å². The summed E-state index contributed by atoms with van der Waals surface area (Å²) in [6, 6.07) is 19.2. The first-order valence-electron chi connectivity index (χ1n) is 10.6. The molecule has 0 saturated carbocycles. The summed E-state index contributed by atoms with van der Waals surface area (Å²) in [7, 11) is 0. The average molecular weight is 584 g/mol. The summed E-state index contributed by atoms with van der Waals surface area (Å²) in [5.41, 5.74) is 4.45. The van der Waals surface area contributed by atoms with Crippen molar-refractivity contribution in [2.45, 2.75) is 27.4 Å². The molecule has 0 radical (unpaired) electrons. The molecule has 0 aliphatic carbocycles. The van der Waals surface area contributed by atoms with Crippen LogP contribution in [0.25, 0.3) is 6.08 Å². The van der Waals surface area contributed by atoms with Gasteiger partial charge < -0.3 is 14.8 Å². The van der Waals surface area contributed by atoms with Crippen LogP contribution in [0.2, 0.25) is 0 Å². The van der Waals surface area contributed by atoms with Gasteiger partial charge in [0, 0.05) is 8.95 Å². The van der Waals surface area contributed by atoms with Gasteiger partial charge in [-0.15, -0.1) is 0 Å². The van der Waals surface area contributed by atoms with Crippen molar-refractivity contribution in [2.75, 3.05) is 11.9 Å². The van der Waals surface area contributed by atoms with E-state index in [1.54, 1.807) is 18.2 Å². The molecule has 0 atom stereocenters. The molecular formula is C27H24Br2N2O3. The molecule has 174 valence electrons. The van der Waals surface area contributed by atoms with Crippen molar-refractivity contribution in [1.29, 1.82) is 5.26 Å². The number of amides is 1. The Hall–Kier alpha value is -3.08. The number of hydrogen-bond acceptors (Lipinski definition) is 4. The summed E-state index contributed by atoms with van der Waals surface area (Å²) in [5.74, 6) is 0.630. The molecule has 0 bridgehead atoms. The van der Waals surface area contributed by atoms with Crippen LogP contribution in [0, 0.1) is 25.2 Å². The van der Waals surface area contributed by atoms with Crippen LogP contribution in [0.3, 0.4) is 0 Å². The van der Waals surface area contributed by atoms with Crippen LogP contribution in [0.15, 0.2) is 69.1 Å². The van der Waals surface area contributed by atoms with Gasteiger partial charge in [-0.05, 0) is 99.7 Å². The molecule has 0 heterocycles. The Balaban J connectivity index is 1.81. The molecule has 0 fully saturated rings. The second kappa shape index (κ2) is 11.9. The number of carbonyl (C=O) groups is 1. The van der Waals surface area contributed by atoms with Crippen molar-refractivity contribution in [3.63, 3.8) is 0 Å². The number of nitriles is 1. The topological polar surface area (TPSA) is 71.3 Å². The predicted molar refractivity (Wildman–Crippen MR) is 142 cm³/mol. The third kappa shape index (κ3) is 6.72. The lowest BCUT2D eigenvalue weighted by Gasteiger charge is -2.13. The van der Waals surface area contributed by atoms with Gasteiger partial charge in [-0.25, -0.2) is 0 Å². The normalized spacial score (nSPS) is 11.0. The summed E-state index contributed by atoms with van der Waals surface area (Å²) < 4.78 is 13.2. The third-order valence-electron chi connectivity index (χ3n) is 4.88. The molecule has 3 aromatic carbocycles. The highest BCUT2D eigenvalue weighted by molar-refractivity contribution is 9.11. The van der Waals surface area contributed by atoms with Crippen LogP contribution in [-0.2, 0) is 11.4 Å². The first-order chi connectivity index (χ1) is 16.3. The number of anilines is 1. The maximum absolute atomic E-state index is 12.8. The molecule has 3 aromatic rings. The SMILES string of the molecule is CCOc1cc(/C=C(\C#N)C(=O)Nc2c(Br)cc(C)cc2Br)ccc1OCc1ccc(C)cc1. The molecule has 0 spiro atoms. The Labute approximate surface area is 216 Å². The van der Waals surface area contributed by atoms with E-state index in [-0.39, 0.29) is 5.57 Å². The van der Waals surface area contributed by atoms with Gasteiger partial charge in [-0.2, -0.15) is 5.26 Å². The van der Waals surface area contributed by atoms with E-state index in [9.17, 15) is 10.1 Å². The number of hydrogen-bond donors (Lipinski definition) is 1. The Morgan fingerprint density at radius 3 is 2.26 bits per heavy atom. The number of nitrogens with zero attached hydrogens (tertiary/aromatic N) is 1. The van der Waals surface area contributed by atoms with Crippen LogP contribution in [0.5, 0.6) is 11.5 Å². The molecule has 7 heteroatoms. The van der Waals surface area contributed by atoms with Gasteiger partial charge in [0.1, 0.15) is 18.2 Å². The van der Waals surface area contributed by atoms with Gasteiger partial charge in [0.2, 0.25) is 0 Å². The van der Waals surface area contributed by atoms with Crippen LogP contribution < -0.4 is 14.8 Å². The zero-order valence-electron chi connectivity index (χ0n) is 19.1. The first-order valence-corrected chi connectivity index (χ1v) is 12.2. The smallest absolute Gasteiger partial charge is 0.266 e. The monoisotopic (exact) mass is 582 g/mol. The minimum atomic E-state index is -0.509. The Kier molecular flexibility index (Phi) is 8.91. The number of rotatable bonds is 8. The van der Waals surface area contributed by atoms with Crippen LogP contribution in [0.1, 0.15) is 29.2 Å². The number of carbonyl (C=O) groups excluding carboxylic acids is 1. The maximum atomic E-state index is 12.8. The molecule has 0 aliphatic heterocycles. The average Bonchev–Trinajstić information content (AvgIpc) is 2.80. The highest BCUT2D eigenvalue weighted by Gasteiger charge is 2.15. The largest absolute Gasteiger partial charge is 0.490 e. The van der Waals surface area contributed by atoms with Crippen LogP contribution >= 0.6 is 31.9 Å². The molecule has 34 heavy (non-hydrogen) atoms. The first kappa shape index (κ1) is 25.5. The highest BCUT2D eigenvalue weighted by atomic mass is 79.9. The Morgan fingerprint density at radius 1 is 0.971 bits per heavy atom. The van der Waals surface area contributed by atoms with E-state index in [4.69, 9.17) is 9.47 Å². The summed E-state index contributed by atoms with van der Waals surface area (Å²) in [6.45, 7) is 6.73. The molecule has 3 rings (SSSR count). The van der Waals surface area contributed by atoms with Crippen LogP contribution in [-0.4, -0.2) is 12.5 Å². The van der Waals surface area contributed by atoms with Gasteiger partial charge in [-0.1, -0.05) is 35.9 Å². The zero-order chi connectivity index (χ0) is 24.7. The van der Waals surface area contributed by atoms with Crippen molar-refractivity contribution in [2.24, 2.45) is 0 Å². The van der Waals surface area contributed by atoms with Gasteiger partial charge >= 0.3 is 0 Å². The van der Waals surface area contributed by atoms with Crippen molar-refractivity contribution in [3.8, 4) is 17.6 Å². The Bertz CT molecular complexity index is 1240. The fourth-order valence-electron chi connectivity index (χ4n) is 3.16. The van der Waals surface area contributed by atoms with Gasteiger partial charge in [0.05, 0.1) is 12.3 Å². The van der Waals surface area contributed by atoms with E-state index in [2.05, 4.69) is 37.2 Å². The van der Waals surface area contributed by atoms with Crippen molar-refractivity contribution in [3.05, 3.63) is 91.4 Å². The zero-order valence-corrected chi connectivity index (χ0v) is 22.3. The highest BCUT2D eigenvalue weighted by Crippen LogP contribution is 2.33. The lowest BCUT2D eigenvalue weighted by molar-refractivity contribution is -0.112. The number of aryl methyl sites for hydroxylation is 2. The van der Waals surface area contributed by atoms with Gasteiger partial charge in [0.15, 0.2) is 11.5 Å². The second-order valence-corrected chi connectivity index (χ2v) is 9.35. The van der Waals surface area contributed by atoms with E-state index in [0.717, 1.165) is 20.1 Å². The summed E-state index contributed by atoms with van der Waals surface area (Å²) >= 11 is 6.91. The second-order valence-electron chi connectivity index (χ2n) is 7.64. The molecular weight excluding hydrogens is 560 g/mol. The fourth-order valence-corrected chi connectivity index (χ4v) is 4.78. The Morgan fingerprint density at radius 2 is 1.65 bits per heavy atom. The number of benzene rings is 3. The van der Waals surface area contributed by atoms with E-state index in [0.29, 0.717) is 36.0 Å². The lowest BCUT2D eigenvalue weighted by Crippen LogP contribution is -2.14. The quantitative estimate of drug-likeness (QED) is 0.222. The molecule has 0 aliphatic rings. The summed E-state index contributed by atoms with van der Waals surface area (Å²) in [4.78, 5) is 12.8. The number of halogens is 2. The lowest BCUT2D eigenvalue weighted by atomic mass is 10.1. The minimum Gasteiger partial charge on any atom is -0.490 e. The van der Waals surface area contributed by atoms with Crippen molar-refractivity contribution >= 4 is 49.5 Å². The molecule has 0 aromatic heterocycles. The predicted octanol–water partition coefficient (Wildman–Crippen LogP) is 7.35. The third-order valence-corrected chi connectivity index (χ3v) is 6.13. The molecule has 1 N–H and O–H groups in total. The van der Waals surface area contributed by atoms with Crippen molar-refractivity contribution < 1.29 is 14.3 Å². The standard InChI is InChI=1S/C27H24Br2N2O3/c1-4-33-25-14-20(9-10-24(25)34-16-19-7-5-17(2)6-8-19)13-21(15-30)27(32)31-26-22(28)11-18(3)12-23(26)29/h5-14H,4,16H2,1-3H3,(H,31,32)/b21-13+. The van der Waals surface area contributed by atoms with Gasteiger partial charge in [0.25, 0.3) is 5.91 Å². The van der Waals surface area contributed by atoms with Gasteiger partial charge in [-0.3, -0.25) is 4.79 Å². The number of nitrogens with one attached hydrogen (secondary N) is 1. The maximum Gasteiger partial charge on any atom is 0.266 e. The fraction of sp³-hybridized carbons (Fsp3) is 0.185. The van der Waals surface area contributed by atoms with E-state index >= 15 is 0 Å². The molecule has 5 nitrogen and oxygen atoms in total. The molecule has 1 amide bonds.